The van der Waals surface area contributed by atoms with E-state index in [9.17, 15) is 17.6 Å². The fourth-order valence-electron chi connectivity index (χ4n) is 2.04. The molecule has 0 radical (unpaired) electrons. The van der Waals surface area contributed by atoms with Gasteiger partial charge < -0.3 is 4.74 Å². The normalized spacial score (nSPS) is 15.2. The number of sulfonamides is 1. The summed E-state index contributed by atoms with van der Waals surface area (Å²) < 4.78 is 44.9. The van der Waals surface area contributed by atoms with Crippen molar-refractivity contribution in [3.8, 4) is 0 Å². The van der Waals surface area contributed by atoms with E-state index in [0.29, 0.717) is 18.4 Å². The van der Waals surface area contributed by atoms with Gasteiger partial charge in [0.05, 0.1) is 6.61 Å². The van der Waals surface area contributed by atoms with E-state index in [0.717, 1.165) is 10.4 Å². The SMILES string of the molecule is CCOC(=O)CN(C1CC1)S(=O)(=O)c1cc(C)ccc1F. The van der Waals surface area contributed by atoms with Gasteiger partial charge in [-0.25, -0.2) is 12.8 Å². The lowest BCUT2D eigenvalue weighted by Crippen LogP contribution is -2.38. The fraction of sp³-hybridized carbons (Fsp3) is 0.500. The molecule has 0 unspecified atom stereocenters. The zero-order valence-electron chi connectivity index (χ0n) is 12.0. The Morgan fingerprint density at radius 2 is 2.10 bits per heavy atom. The van der Waals surface area contributed by atoms with E-state index in [1.165, 1.54) is 12.1 Å². The molecular formula is C14H18FNO4S. The van der Waals surface area contributed by atoms with Crippen molar-refractivity contribution >= 4 is 16.0 Å². The molecule has 1 aliphatic rings. The van der Waals surface area contributed by atoms with E-state index >= 15 is 0 Å². The summed E-state index contributed by atoms with van der Waals surface area (Å²) in [4.78, 5) is 11.2. The number of esters is 1. The standard InChI is InChI=1S/C14H18FNO4S/c1-3-20-14(17)9-16(11-5-6-11)21(18,19)13-8-10(2)4-7-12(13)15/h4,7-8,11H,3,5-6,9H2,1-2H3. The zero-order valence-corrected chi connectivity index (χ0v) is 12.8. The maximum absolute atomic E-state index is 13.9. The smallest absolute Gasteiger partial charge is 0.321 e. The Labute approximate surface area is 123 Å². The summed E-state index contributed by atoms with van der Waals surface area (Å²) in [6.07, 6.45) is 1.35. The van der Waals surface area contributed by atoms with E-state index < -0.39 is 26.7 Å². The number of aryl methyl sites for hydroxylation is 1. The molecular weight excluding hydrogens is 297 g/mol. The summed E-state index contributed by atoms with van der Waals surface area (Å²) in [5.41, 5.74) is 0.641. The first-order valence-electron chi connectivity index (χ1n) is 6.80. The predicted octanol–water partition coefficient (Wildman–Crippen LogP) is 1.85. The van der Waals surface area contributed by atoms with Gasteiger partial charge in [0.2, 0.25) is 10.0 Å². The maximum atomic E-state index is 13.9. The van der Waals surface area contributed by atoms with E-state index in [1.807, 2.05) is 0 Å². The molecule has 1 fully saturated rings. The van der Waals surface area contributed by atoms with E-state index in [-0.39, 0.29) is 19.2 Å². The van der Waals surface area contributed by atoms with E-state index in [4.69, 9.17) is 4.74 Å². The molecule has 1 aromatic carbocycles. The first-order valence-corrected chi connectivity index (χ1v) is 8.24. The van der Waals surface area contributed by atoms with Gasteiger partial charge in [0, 0.05) is 6.04 Å². The van der Waals surface area contributed by atoms with Crippen molar-refractivity contribution in [1.29, 1.82) is 0 Å². The van der Waals surface area contributed by atoms with Crippen LogP contribution in [-0.4, -0.2) is 37.9 Å². The lowest BCUT2D eigenvalue weighted by molar-refractivity contribution is -0.143. The summed E-state index contributed by atoms with van der Waals surface area (Å²) in [7, 11) is -4.05. The first-order chi connectivity index (χ1) is 9.86. The molecule has 1 aromatic rings. The average Bonchev–Trinajstić information content (AvgIpc) is 3.23. The van der Waals surface area contributed by atoms with Crippen LogP contribution in [0.3, 0.4) is 0 Å². The molecule has 0 amide bonds. The van der Waals surface area contributed by atoms with Gasteiger partial charge in [-0.15, -0.1) is 0 Å². The number of benzene rings is 1. The van der Waals surface area contributed by atoms with Crippen LogP contribution < -0.4 is 0 Å². The number of carbonyl (C=O) groups is 1. The number of nitrogens with zero attached hydrogens (tertiary/aromatic N) is 1. The van der Waals surface area contributed by atoms with Gasteiger partial charge in [-0.2, -0.15) is 4.31 Å². The maximum Gasteiger partial charge on any atom is 0.321 e. The summed E-state index contributed by atoms with van der Waals surface area (Å²) in [5.74, 6) is -1.43. The molecule has 21 heavy (non-hydrogen) atoms. The molecule has 2 rings (SSSR count). The predicted molar refractivity (Wildman–Crippen MR) is 74.7 cm³/mol. The molecule has 5 nitrogen and oxygen atoms in total. The third-order valence-corrected chi connectivity index (χ3v) is 5.13. The van der Waals surface area contributed by atoms with Crippen LogP contribution in [0.2, 0.25) is 0 Å². The molecule has 7 heteroatoms. The van der Waals surface area contributed by atoms with Crippen molar-refractivity contribution in [1.82, 2.24) is 4.31 Å². The van der Waals surface area contributed by atoms with Crippen molar-refractivity contribution in [3.63, 3.8) is 0 Å². The molecule has 0 atom stereocenters. The van der Waals surface area contributed by atoms with E-state index in [1.54, 1.807) is 13.8 Å². The Morgan fingerprint density at radius 3 is 2.67 bits per heavy atom. The molecule has 0 saturated heterocycles. The Morgan fingerprint density at radius 1 is 1.43 bits per heavy atom. The minimum atomic E-state index is -4.05. The van der Waals surface area contributed by atoms with Gasteiger partial charge in [-0.05, 0) is 44.4 Å². The molecule has 116 valence electrons. The van der Waals surface area contributed by atoms with Crippen LogP contribution in [0.5, 0.6) is 0 Å². The second kappa shape index (κ2) is 6.11. The molecule has 0 N–H and O–H groups in total. The zero-order chi connectivity index (χ0) is 15.6. The average molecular weight is 315 g/mol. The van der Waals surface area contributed by atoms with Crippen molar-refractivity contribution in [2.45, 2.75) is 37.6 Å². The molecule has 0 bridgehead atoms. The van der Waals surface area contributed by atoms with Crippen LogP contribution in [0.15, 0.2) is 23.1 Å². The van der Waals surface area contributed by atoms with Crippen LogP contribution in [-0.2, 0) is 19.6 Å². The lowest BCUT2D eigenvalue weighted by atomic mass is 10.2. The highest BCUT2D eigenvalue weighted by Gasteiger charge is 2.40. The number of hydrogen-bond acceptors (Lipinski definition) is 4. The molecule has 0 heterocycles. The third kappa shape index (κ3) is 3.59. The highest BCUT2D eigenvalue weighted by Crippen LogP contribution is 2.32. The minimum absolute atomic E-state index is 0.177. The van der Waals surface area contributed by atoms with Gasteiger partial charge in [-0.1, -0.05) is 6.07 Å². The van der Waals surface area contributed by atoms with Gasteiger partial charge in [-0.3, -0.25) is 4.79 Å². The summed E-state index contributed by atoms with van der Waals surface area (Å²) >= 11 is 0. The molecule has 1 aliphatic carbocycles. The largest absolute Gasteiger partial charge is 0.465 e. The Balaban J connectivity index is 2.34. The second-order valence-corrected chi connectivity index (χ2v) is 6.88. The molecule has 0 aliphatic heterocycles. The molecule has 0 aromatic heterocycles. The van der Waals surface area contributed by atoms with Crippen molar-refractivity contribution < 1.29 is 22.3 Å². The number of carbonyl (C=O) groups excluding carboxylic acids is 1. The highest BCUT2D eigenvalue weighted by atomic mass is 32.2. The summed E-state index contributed by atoms with van der Waals surface area (Å²) in [6.45, 7) is 3.13. The third-order valence-electron chi connectivity index (χ3n) is 3.22. The van der Waals surface area contributed by atoms with Crippen LogP contribution in [0.4, 0.5) is 4.39 Å². The Bertz CT molecular complexity index is 640. The van der Waals surface area contributed by atoms with Crippen LogP contribution in [0, 0.1) is 12.7 Å². The van der Waals surface area contributed by atoms with Crippen molar-refractivity contribution in [2.75, 3.05) is 13.2 Å². The summed E-state index contributed by atoms with van der Waals surface area (Å²) in [5, 5.41) is 0. The number of hydrogen-bond donors (Lipinski definition) is 0. The first kappa shape index (κ1) is 15.9. The van der Waals surface area contributed by atoms with E-state index in [2.05, 4.69) is 0 Å². The minimum Gasteiger partial charge on any atom is -0.465 e. The van der Waals surface area contributed by atoms with Gasteiger partial charge in [0.15, 0.2) is 0 Å². The monoisotopic (exact) mass is 315 g/mol. The number of ether oxygens (including phenoxy) is 1. The Kier molecular flexibility index (Phi) is 4.63. The number of halogens is 1. The fourth-order valence-corrected chi connectivity index (χ4v) is 3.82. The van der Waals surface area contributed by atoms with Crippen LogP contribution in [0.25, 0.3) is 0 Å². The van der Waals surface area contributed by atoms with Crippen LogP contribution in [0.1, 0.15) is 25.3 Å². The van der Waals surface area contributed by atoms with Gasteiger partial charge >= 0.3 is 5.97 Å². The van der Waals surface area contributed by atoms with Crippen LogP contribution >= 0.6 is 0 Å². The van der Waals surface area contributed by atoms with Gasteiger partial charge in [0.25, 0.3) is 0 Å². The topological polar surface area (TPSA) is 63.7 Å². The lowest BCUT2D eigenvalue weighted by Gasteiger charge is -2.21. The van der Waals surface area contributed by atoms with Gasteiger partial charge in [0.1, 0.15) is 17.3 Å². The van der Waals surface area contributed by atoms with Crippen molar-refractivity contribution in [2.24, 2.45) is 0 Å². The summed E-state index contributed by atoms with van der Waals surface area (Å²) in [6, 6.07) is 3.66. The number of rotatable bonds is 6. The highest BCUT2D eigenvalue weighted by molar-refractivity contribution is 7.89. The Hall–Kier alpha value is -1.47. The quantitative estimate of drug-likeness (QED) is 0.752. The second-order valence-electron chi connectivity index (χ2n) is 5.02. The van der Waals surface area contributed by atoms with Crippen molar-refractivity contribution in [3.05, 3.63) is 29.6 Å². The molecule has 0 spiro atoms. The molecule has 1 saturated carbocycles.